The molecule has 4 heteroatoms. The van der Waals surface area contributed by atoms with Crippen molar-refractivity contribution in [1.82, 2.24) is 15.3 Å². The Kier molecular flexibility index (Phi) is 4.94. The number of imidazole rings is 1. The molecule has 0 spiro atoms. The van der Waals surface area contributed by atoms with E-state index in [2.05, 4.69) is 29.1 Å². The molecule has 0 aliphatic rings. The maximum atomic E-state index is 12.8. The molecule has 0 radical (unpaired) electrons. The van der Waals surface area contributed by atoms with E-state index < -0.39 is 0 Å². The van der Waals surface area contributed by atoms with Crippen molar-refractivity contribution < 1.29 is 4.79 Å². The second-order valence-corrected chi connectivity index (χ2v) is 6.19. The summed E-state index contributed by atoms with van der Waals surface area (Å²) in [5, 5.41) is 3.04. The van der Waals surface area contributed by atoms with Gasteiger partial charge in [0.15, 0.2) is 0 Å². The Morgan fingerprint density at radius 3 is 2.54 bits per heavy atom. The standard InChI is InChI=1S/C20H23N3O/c1-3-14(2)19(15-9-5-4-6-10-15)20(24)21-13-18-22-16-11-7-8-12-17(16)23-18/h4-12,14,19H,3,13H2,1-2H3,(H,21,24)(H,22,23)/t14-,19+/m0/s1. The summed E-state index contributed by atoms with van der Waals surface area (Å²) in [5.41, 5.74) is 2.97. The number of fused-ring (bicyclic) bond motifs is 1. The maximum absolute atomic E-state index is 12.8. The first-order valence-electron chi connectivity index (χ1n) is 8.45. The van der Waals surface area contributed by atoms with E-state index >= 15 is 0 Å². The van der Waals surface area contributed by atoms with Gasteiger partial charge in [-0.15, -0.1) is 0 Å². The molecule has 1 heterocycles. The van der Waals surface area contributed by atoms with Crippen LogP contribution in [0.3, 0.4) is 0 Å². The number of H-pyrrole nitrogens is 1. The second-order valence-electron chi connectivity index (χ2n) is 6.19. The van der Waals surface area contributed by atoms with Crippen molar-refractivity contribution in [3.05, 3.63) is 66.0 Å². The van der Waals surface area contributed by atoms with Gasteiger partial charge in [-0.25, -0.2) is 4.98 Å². The Balaban J connectivity index is 1.73. The largest absolute Gasteiger partial charge is 0.348 e. The number of nitrogens with zero attached hydrogens (tertiary/aromatic N) is 1. The van der Waals surface area contributed by atoms with E-state index in [9.17, 15) is 4.79 Å². The van der Waals surface area contributed by atoms with Crippen LogP contribution in [-0.2, 0) is 11.3 Å². The lowest BCUT2D eigenvalue weighted by molar-refractivity contribution is -0.123. The van der Waals surface area contributed by atoms with E-state index in [1.807, 2.05) is 54.6 Å². The van der Waals surface area contributed by atoms with Crippen molar-refractivity contribution in [1.29, 1.82) is 0 Å². The third-order valence-corrected chi connectivity index (χ3v) is 4.52. The highest BCUT2D eigenvalue weighted by molar-refractivity contribution is 5.84. The lowest BCUT2D eigenvalue weighted by atomic mass is 9.85. The van der Waals surface area contributed by atoms with Gasteiger partial charge in [0.25, 0.3) is 0 Å². The Bertz CT molecular complexity index is 777. The Morgan fingerprint density at radius 2 is 1.83 bits per heavy atom. The topological polar surface area (TPSA) is 57.8 Å². The Morgan fingerprint density at radius 1 is 1.12 bits per heavy atom. The number of para-hydroxylation sites is 2. The summed E-state index contributed by atoms with van der Waals surface area (Å²) in [6.07, 6.45) is 0.956. The first-order chi connectivity index (χ1) is 11.7. The summed E-state index contributed by atoms with van der Waals surface area (Å²) in [5.74, 6) is 0.972. The maximum Gasteiger partial charge on any atom is 0.228 e. The van der Waals surface area contributed by atoms with Gasteiger partial charge in [-0.3, -0.25) is 4.79 Å². The van der Waals surface area contributed by atoms with Gasteiger partial charge in [-0.05, 0) is 23.6 Å². The molecule has 4 nitrogen and oxygen atoms in total. The predicted molar refractivity (Wildman–Crippen MR) is 96.6 cm³/mol. The molecule has 0 aliphatic heterocycles. The summed E-state index contributed by atoms with van der Waals surface area (Å²) < 4.78 is 0. The fourth-order valence-corrected chi connectivity index (χ4v) is 3.00. The number of amides is 1. The summed E-state index contributed by atoms with van der Waals surface area (Å²) in [6.45, 7) is 4.65. The molecule has 0 saturated heterocycles. The molecule has 0 fully saturated rings. The molecular formula is C20H23N3O. The van der Waals surface area contributed by atoms with Crippen molar-refractivity contribution in [2.75, 3.05) is 0 Å². The van der Waals surface area contributed by atoms with Gasteiger partial charge in [-0.1, -0.05) is 62.7 Å². The van der Waals surface area contributed by atoms with Gasteiger partial charge in [0, 0.05) is 0 Å². The molecule has 2 N–H and O–H groups in total. The molecular weight excluding hydrogens is 298 g/mol. The van der Waals surface area contributed by atoms with E-state index in [1.165, 1.54) is 0 Å². The molecule has 124 valence electrons. The molecule has 0 saturated carbocycles. The summed E-state index contributed by atoms with van der Waals surface area (Å²) in [7, 11) is 0. The van der Waals surface area contributed by atoms with Crippen LogP contribution in [0, 0.1) is 5.92 Å². The van der Waals surface area contributed by atoms with Crippen molar-refractivity contribution >= 4 is 16.9 Å². The van der Waals surface area contributed by atoms with Gasteiger partial charge >= 0.3 is 0 Å². The first-order valence-corrected chi connectivity index (χ1v) is 8.45. The zero-order valence-corrected chi connectivity index (χ0v) is 14.1. The van der Waals surface area contributed by atoms with Gasteiger partial charge < -0.3 is 10.3 Å². The fraction of sp³-hybridized carbons (Fsp3) is 0.300. The fourth-order valence-electron chi connectivity index (χ4n) is 3.00. The number of rotatable bonds is 6. The monoisotopic (exact) mass is 321 g/mol. The molecule has 0 bridgehead atoms. The van der Waals surface area contributed by atoms with Crippen LogP contribution >= 0.6 is 0 Å². The van der Waals surface area contributed by atoms with E-state index in [4.69, 9.17) is 0 Å². The Hall–Kier alpha value is -2.62. The van der Waals surface area contributed by atoms with Gasteiger partial charge in [-0.2, -0.15) is 0 Å². The minimum absolute atomic E-state index is 0.0519. The van der Waals surface area contributed by atoms with Crippen molar-refractivity contribution in [2.24, 2.45) is 5.92 Å². The molecule has 0 unspecified atom stereocenters. The number of benzene rings is 2. The van der Waals surface area contributed by atoms with Gasteiger partial charge in [0.1, 0.15) is 5.82 Å². The van der Waals surface area contributed by atoms with Crippen LogP contribution in [0.25, 0.3) is 11.0 Å². The SMILES string of the molecule is CC[C@H](C)[C@@H](C(=O)NCc1nc2ccccc2[nH]1)c1ccccc1. The molecule has 1 amide bonds. The van der Waals surface area contributed by atoms with Crippen LogP contribution in [0.2, 0.25) is 0 Å². The number of carbonyl (C=O) groups excluding carboxylic acids is 1. The van der Waals surface area contributed by atoms with Crippen molar-refractivity contribution in [3.63, 3.8) is 0 Å². The van der Waals surface area contributed by atoms with Crippen molar-refractivity contribution in [3.8, 4) is 0 Å². The van der Waals surface area contributed by atoms with Crippen LogP contribution in [0.4, 0.5) is 0 Å². The van der Waals surface area contributed by atoms with Gasteiger partial charge in [0.05, 0.1) is 23.5 Å². The van der Waals surface area contributed by atoms with E-state index in [0.29, 0.717) is 6.54 Å². The molecule has 0 aliphatic carbocycles. The van der Waals surface area contributed by atoms with E-state index in [0.717, 1.165) is 28.8 Å². The smallest absolute Gasteiger partial charge is 0.228 e. The average Bonchev–Trinajstić information content (AvgIpc) is 3.04. The van der Waals surface area contributed by atoms with Crippen molar-refractivity contribution in [2.45, 2.75) is 32.7 Å². The lowest BCUT2D eigenvalue weighted by Crippen LogP contribution is -2.32. The predicted octanol–water partition coefficient (Wildman–Crippen LogP) is 4.01. The summed E-state index contributed by atoms with van der Waals surface area (Å²) >= 11 is 0. The van der Waals surface area contributed by atoms with Crippen LogP contribution in [0.1, 0.15) is 37.6 Å². The highest BCUT2D eigenvalue weighted by Gasteiger charge is 2.25. The van der Waals surface area contributed by atoms with Crippen LogP contribution in [-0.4, -0.2) is 15.9 Å². The first kappa shape index (κ1) is 16.2. The zero-order chi connectivity index (χ0) is 16.9. The third-order valence-electron chi connectivity index (χ3n) is 4.52. The number of hydrogen-bond acceptors (Lipinski definition) is 2. The molecule has 3 aromatic rings. The Labute approximate surface area is 142 Å². The third kappa shape index (κ3) is 3.48. The second kappa shape index (κ2) is 7.30. The summed E-state index contributed by atoms with van der Waals surface area (Å²) in [4.78, 5) is 20.5. The molecule has 3 rings (SSSR count). The quantitative estimate of drug-likeness (QED) is 0.721. The molecule has 2 aromatic carbocycles. The van der Waals surface area contributed by atoms with Crippen LogP contribution < -0.4 is 5.32 Å². The molecule has 2 atom stereocenters. The highest BCUT2D eigenvalue weighted by atomic mass is 16.1. The number of aromatic amines is 1. The number of aromatic nitrogens is 2. The van der Waals surface area contributed by atoms with E-state index in [-0.39, 0.29) is 17.7 Å². The number of hydrogen-bond donors (Lipinski definition) is 2. The van der Waals surface area contributed by atoms with Gasteiger partial charge in [0.2, 0.25) is 5.91 Å². The number of carbonyl (C=O) groups is 1. The lowest BCUT2D eigenvalue weighted by Gasteiger charge is -2.22. The zero-order valence-electron chi connectivity index (χ0n) is 14.1. The van der Waals surface area contributed by atoms with E-state index in [1.54, 1.807) is 0 Å². The summed E-state index contributed by atoms with van der Waals surface area (Å²) in [6, 6.07) is 17.9. The minimum Gasteiger partial charge on any atom is -0.348 e. The normalized spacial score (nSPS) is 13.6. The average molecular weight is 321 g/mol. The molecule has 1 aromatic heterocycles. The van der Waals surface area contributed by atoms with Crippen LogP contribution in [0.5, 0.6) is 0 Å². The number of nitrogens with one attached hydrogen (secondary N) is 2. The van der Waals surface area contributed by atoms with Crippen LogP contribution in [0.15, 0.2) is 54.6 Å². The highest BCUT2D eigenvalue weighted by Crippen LogP contribution is 2.27. The molecule has 24 heavy (non-hydrogen) atoms. The minimum atomic E-state index is -0.138.